The van der Waals surface area contributed by atoms with Gasteiger partial charge in [-0.3, -0.25) is 4.57 Å². The summed E-state index contributed by atoms with van der Waals surface area (Å²) in [4.78, 5) is 0. The van der Waals surface area contributed by atoms with Crippen LogP contribution in [0.1, 0.15) is 39.5 Å². The first-order chi connectivity index (χ1) is 8.39. The highest BCUT2D eigenvalue weighted by molar-refractivity contribution is 14.1. The van der Waals surface area contributed by atoms with Gasteiger partial charge in [-0.2, -0.15) is 8.78 Å². The highest BCUT2D eigenvalue weighted by Crippen LogP contribution is 2.67. The number of alkyl halides is 3. The average Bonchev–Trinajstić information content (AvgIpc) is 2.29. The summed E-state index contributed by atoms with van der Waals surface area (Å²) in [6.45, 7) is 3.02. The Morgan fingerprint density at radius 1 is 1.22 bits per heavy atom. The van der Waals surface area contributed by atoms with Crippen molar-refractivity contribution in [3.63, 3.8) is 0 Å². The third kappa shape index (κ3) is 3.44. The molecule has 0 aromatic heterocycles. The first-order valence-corrected chi connectivity index (χ1v) is 9.09. The molecule has 0 spiro atoms. The Labute approximate surface area is 121 Å². The summed E-state index contributed by atoms with van der Waals surface area (Å²) >= 11 is 2.03. The van der Waals surface area contributed by atoms with E-state index in [1.165, 1.54) is 0 Å². The molecular formula is C11H20F2IO3P. The monoisotopic (exact) mass is 396 g/mol. The maximum absolute atomic E-state index is 14.5. The van der Waals surface area contributed by atoms with Crippen LogP contribution in [0.4, 0.5) is 8.78 Å². The predicted molar refractivity (Wildman–Crippen MR) is 75.6 cm³/mol. The Kier molecular flexibility index (Phi) is 6.49. The SMILES string of the molecule is CCOP(=O)(OCC)C(F)(F)C1CCCCC1I. The van der Waals surface area contributed by atoms with Gasteiger partial charge in [0.05, 0.1) is 13.2 Å². The van der Waals surface area contributed by atoms with Crippen LogP contribution in [-0.4, -0.2) is 22.8 Å². The van der Waals surface area contributed by atoms with Gasteiger partial charge in [0.15, 0.2) is 0 Å². The Morgan fingerprint density at radius 3 is 2.17 bits per heavy atom. The van der Waals surface area contributed by atoms with Crippen LogP contribution in [0.15, 0.2) is 0 Å². The van der Waals surface area contributed by atoms with Gasteiger partial charge in [0.25, 0.3) is 0 Å². The van der Waals surface area contributed by atoms with Crippen LogP contribution in [0.2, 0.25) is 0 Å². The Bertz CT molecular complexity index is 305. The lowest BCUT2D eigenvalue weighted by Gasteiger charge is -2.36. The quantitative estimate of drug-likeness (QED) is 0.366. The van der Waals surface area contributed by atoms with Gasteiger partial charge in [-0.25, -0.2) is 0 Å². The zero-order valence-corrected chi connectivity index (χ0v) is 13.8. The fourth-order valence-electron chi connectivity index (χ4n) is 2.23. The van der Waals surface area contributed by atoms with E-state index in [0.29, 0.717) is 6.42 Å². The van der Waals surface area contributed by atoms with Crippen LogP contribution in [-0.2, 0) is 13.6 Å². The lowest BCUT2D eigenvalue weighted by molar-refractivity contribution is -0.0209. The molecule has 0 N–H and O–H groups in total. The molecule has 0 aromatic rings. The van der Waals surface area contributed by atoms with Crippen LogP contribution in [0.3, 0.4) is 0 Å². The first kappa shape index (κ1) is 16.8. The molecular weight excluding hydrogens is 376 g/mol. The minimum Gasteiger partial charge on any atom is -0.305 e. The van der Waals surface area contributed by atoms with E-state index in [0.717, 1.165) is 19.3 Å². The van der Waals surface area contributed by atoms with Gasteiger partial charge < -0.3 is 9.05 Å². The molecule has 1 fully saturated rings. The van der Waals surface area contributed by atoms with Gasteiger partial charge in [-0.05, 0) is 26.7 Å². The fraction of sp³-hybridized carbons (Fsp3) is 1.00. The summed E-state index contributed by atoms with van der Waals surface area (Å²) in [6.07, 6.45) is 2.82. The van der Waals surface area contributed by atoms with Crippen molar-refractivity contribution >= 4 is 30.2 Å². The Balaban J connectivity index is 2.95. The van der Waals surface area contributed by atoms with Gasteiger partial charge >= 0.3 is 13.3 Å². The zero-order valence-electron chi connectivity index (χ0n) is 10.7. The Hall–Kier alpha value is 0.740. The van der Waals surface area contributed by atoms with Crippen molar-refractivity contribution in [2.45, 2.75) is 49.1 Å². The van der Waals surface area contributed by atoms with Crippen molar-refractivity contribution in [2.24, 2.45) is 5.92 Å². The summed E-state index contributed by atoms with van der Waals surface area (Å²) in [7, 11) is -4.37. The molecule has 0 heterocycles. The molecule has 0 aromatic carbocycles. The van der Waals surface area contributed by atoms with E-state index in [1.807, 2.05) is 22.6 Å². The van der Waals surface area contributed by atoms with E-state index in [4.69, 9.17) is 9.05 Å². The van der Waals surface area contributed by atoms with Crippen molar-refractivity contribution in [3.05, 3.63) is 0 Å². The number of hydrogen-bond donors (Lipinski definition) is 0. The highest BCUT2D eigenvalue weighted by Gasteiger charge is 2.60. The van der Waals surface area contributed by atoms with E-state index in [1.54, 1.807) is 13.8 Å². The molecule has 0 saturated heterocycles. The zero-order chi connectivity index (χ0) is 13.8. The van der Waals surface area contributed by atoms with Crippen molar-refractivity contribution in [3.8, 4) is 0 Å². The Morgan fingerprint density at radius 2 is 1.72 bits per heavy atom. The molecule has 2 unspecified atom stereocenters. The first-order valence-electron chi connectivity index (χ1n) is 6.30. The normalized spacial score (nSPS) is 26.3. The minimum atomic E-state index is -4.37. The van der Waals surface area contributed by atoms with Gasteiger partial charge in [-0.15, -0.1) is 0 Å². The van der Waals surface area contributed by atoms with Gasteiger partial charge in [0.1, 0.15) is 0 Å². The van der Waals surface area contributed by atoms with E-state index in [2.05, 4.69) is 0 Å². The largest absolute Gasteiger partial charge is 0.399 e. The van der Waals surface area contributed by atoms with E-state index >= 15 is 0 Å². The molecule has 1 rings (SSSR count). The van der Waals surface area contributed by atoms with E-state index in [-0.39, 0.29) is 17.1 Å². The average molecular weight is 396 g/mol. The van der Waals surface area contributed by atoms with E-state index in [9.17, 15) is 13.3 Å². The maximum atomic E-state index is 14.5. The van der Waals surface area contributed by atoms with Crippen LogP contribution >= 0.6 is 30.2 Å². The third-order valence-electron chi connectivity index (χ3n) is 3.09. The number of rotatable bonds is 6. The molecule has 1 aliphatic carbocycles. The van der Waals surface area contributed by atoms with Gasteiger partial charge in [0.2, 0.25) is 0 Å². The molecule has 7 heteroatoms. The maximum Gasteiger partial charge on any atom is 0.399 e. The molecule has 0 bridgehead atoms. The van der Waals surface area contributed by atoms with E-state index < -0.39 is 19.2 Å². The van der Waals surface area contributed by atoms with Gasteiger partial charge in [0, 0.05) is 9.84 Å². The van der Waals surface area contributed by atoms with Crippen LogP contribution in [0.25, 0.3) is 0 Å². The molecule has 18 heavy (non-hydrogen) atoms. The predicted octanol–water partition coefficient (Wildman–Crippen LogP) is 4.84. The molecule has 1 saturated carbocycles. The van der Waals surface area contributed by atoms with Crippen molar-refractivity contribution in [1.29, 1.82) is 0 Å². The standard InChI is InChI=1S/C11H20F2IO3P/c1-3-16-18(15,17-4-2)11(12,13)9-7-5-6-8-10(9)14/h9-10H,3-8H2,1-2H3. The summed E-state index contributed by atoms with van der Waals surface area (Å²) in [5, 5.41) is 0. The topological polar surface area (TPSA) is 35.5 Å². The van der Waals surface area contributed by atoms with Crippen LogP contribution < -0.4 is 0 Å². The summed E-state index contributed by atoms with van der Waals surface area (Å²) in [5.41, 5.74) is -3.40. The van der Waals surface area contributed by atoms with Crippen molar-refractivity contribution < 1.29 is 22.4 Å². The highest BCUT2D eigenvalue weighted by atomic mass is 127. The third-order valence-corrected chi connectivity index (χ3v) is 6.84. The molecule has 0 aliphatic heterocycles. The van der Waals surface area contributed by atoms with Gasteiger partial charge in [-0.1, -0.05) is 35.4 Å². The summed E-state index contributed by atoms with van der Waals surface area (Å²) in [5.74, 6) is -0.921. The molecule has 2 atom stereocenters. The second-order valence-corrected chi connectivity index (χ2v) is 8.04. The minimum absolute atomic E-state index is 0.0362. The van der Waals surface area contributed by atoms with Crippen molar-refractivity contribution in [1.82, 2.24) is 0 Å². The second kappa shape index (κ2) is 6.95. The fourth-order valence-corrected chi connectivity index (χ4v) is 5.58. The second-order valence-electron chi connectivity index (χ2n) is 4.33. The lowest BCUT2D eigenvalue weighted by Crippen LogP contribution is -2.37. The smallest absolute Gasteiger partial charge is 0.305 e. The summed E-state index contributed by atoms with van der Waals surface area (Å²) in [6, 6.07) is 0. The lowest BCUT2D eigenvalue weighted by atomic mass is 9.89. The molecule has 0 radical (unpaired) electrons. The molecule has 1 aliphatic rings. The van der Waals surface area contributed by atoms with Crippen molar-refractivity contribution in [2.75, 3.05) is 13.2 Å². The summed E-state index contributed by atoms with van der Waals surface area (Å²) < 4.78 is 50.7. The number of hydrogen-bond acceptors (Lipinski definition) is 3. The van der Waals surface area contributed by atoms with Crippen LogP contribution in [0.5, 0.6) is 0 Å². The van der Waals surface area contributed by atoms with Crippen LogP contribution in [0, 0.1) is 5.92 Å². The molecule has 3 nitrogen and oxygen atoms in total. The molecule has 108 valence electrons. The molecule has 0 amide bonds. The number of halogens is 3.